The Balaban J connectivity index is 2.06. The Morgan fingerprint density at radius 1 is 0.821 bits per heavy atom. The summed E-state index contributed by atoms with van der Waals surface area (Å²) in [6.07, 6.45) is 1.40. The van der Waals surface area contributed by atoms with Crippen molar-refractivity contribution in [1.82, 2.24) is 10.2 Å². The van der Waals surface area contributed by atoms with E-state index in [1.807, 2.05) is 107 Å². The predicted molar refractivity (Wildman–Crippen MR) is 157 cm³/mol. The summed E-state index contributed by atoms with van der Waals surface area (Å²) in [6, 6.07) is 23.6. The molecule has 0 heterocycles. The number of nitrogens with one attached hydrogen (secondary N) is 1. The maximum Gasteiger partial charge on any atom is 0.244 e. The zero-order valence-electron chi connectivity index (χ0n) is 23.4. The van der Waals surface area contributed by atoms with E-state index >= 15 is 0 Å². The van der Waals surface area contributed by atoms with E-state index in [4.69, 9.17) is 0 Å². The summed E-state index contributed by atoms with van der Waals surface area (Å²) in [5.41, 5.74) is 3.73. The van der Waals surface area contributed by atoms with Crippen LogP contribution in [-0.2, 0) is 32.6 Å². The second-order valence-electron chi connectivity index (χ2n) is 10.4. The van der Waals surface area contributed by atoms with Gasteiger partial charge in [0.1, 0.15) is 12.6 Å². The highest BCUT2D eigenvalue weighted by molar-refractivity contribution is 7.92. The summed E-state index contributed by atoms with van der Waals surface area (Å²) in [5.74, 6) is -0.489. The highest BCUT2D eigenvalue weighted by Crippen LogP contribution is 2.27. The molecule has 0 saturated carbocycles. The third-order valence-corrected chi connectivity index (χ3v) is 7.63. The molecule has 0 unspecified atom stereocenters. The molecule has 3 rings (SSSR count). The first-order valence-corrected chi connectivity index (χ1v) is 15.0. The SMILES string of the molecule is Cc1cccc(C)c1N(CC(=O)N(Cc1ccccc1)[C@H](Cc1ccccc1)C(=O)NCC(C)C)S(C)(=O)=O. The van der Waals surface area contributed by atoms with E-state index in [2.05, 4.69) is 5.32 Å². The molecule has 0 aromatic heterocycles. The van der Waals surface area contributed by atoms with Crippen LogP contribution < -0.4 is 9.62 Å². The second kappa shape index (κ2) is 13.4. The summed E-state index contributed by atoms with van der Waals surface area (Å²) >= 11 is 0. The molecular formula is C31H39N3O4S. The summed E-state index contributed by atoms with van der Waals surface area (Å²) in [5, 5.41) is 2.99. The minimum Gasteiger partial charge on any atom is -0.354 e. The molecule has 0 spiro atoms. The number of nitrogens with zero attached hydrogens (tertiary/aromatic N) is 2. The van der Waals surface area contributed by atoms with Gasteiger partial charge in [-0.15, -0.1) is 0 Å². The molecule has 0 fully saturated rings. The van der Waals surface area contributed by atoms with Gasteiger partial charge >= 0.3 is 0 Å². The third-order valence-electron chi connectivity index (χ3n) is 6.52. The predicted octanol–water partition coefficient (Wildman–Crippen LogP) is 4.48. The molecular weight excluding hydrogens is 510 g/mol. The fraction of sp³-hybridized carbons (Fsp3) is 0.355. The van der Waals surface area contributed by atoms with Crippen LogP contribution in [0.3, 0.4) is 0 Å². The van der Waals surface area contributed by atoms with Crippen molar-refractivity contribution in [1.29, 1.82) is 0 Å². The Labute approximate surface area is 232 Å². The summed E-state index contributed by atoms with van der Waals surface area (Å²) in [7, 11) is -3.81. The smallest absolute Gasteiger partial charge is 0.244 e. The lowest BCUT2D eigenvalue weighted by molar-refractivity contribution is -0.140. The number of rotatable bonds is 12. The van der Waals surface area contributed by atoms with Crippen LogP contribution in [0.1, 0.15) is 36.1 Å². The first kappa shape index (κ1) is 29.9. The molecule has 0 aliphatic rings. The van der Waals surface area contributed by atoms with E-state index in [9.17, 15) is 18.0 Å². The lowest BCUT2D eigenvalue weighted by Gasteiger charge is -2.34. The quantitative estimate of drug-likeness (QED) is 0.361. The highest BCUT2D eigenvalue weighted by atomic mass is 32.2. The molecule has 2 amide bonds. The van der Waals surface area contributed by atoms with Crippen molar-refractivity contribution in [2.24, 2.45) is 5.92 Å². The van der Waals surface area contributed by atoms with Crippen molar-refractivity contribution in [3.8, 4) is 0 Å². The van der Waals surface area contributed by atoms with Gasteiger partial charge in [0, 0.05) is 19.5 Å². The minimum absolute atomic E-state index is 0.163. The number of hydrogen-bond acceptors (Lipinski definition) is 4. The largest absolute Gasteiger partial charge is 0.354 e. The third kappa shape index (κ3) is 8.42. The first-order chi connectivity index (χ1) is 18.5. The summed E-state index contributed by atoms with van der Waals surface area (Å²) in [6.45, 7) is 7.88. The Kier molecular flexibility index (Phi) is 10.3. The molecule has 3 aromatic rings. The van der Waals surface area contributed by atoms with E-state index in [0.717, 1.165) is 32.8 Å². The molecule has 0 radical (unpaired) electrons. The van der Waals surface area contributed by atoms with Crippen molar-refractivity contribution in [2.45, 2.75) is 46.7 Å². The van der Waals surface area contributed by atoms with Gasteiger partial charge in [0.25, 0.3) is 0 Å². The van der Waals surface area contributed by atoms with Gasteiger partial charge in [-0.3, -0.25) is 13.9 Å². The monoisotopic (exact) mass is 549 g/mol. The number of amides is 2. The van der Waals surface area contributed by atoms with Gasteiger partial charge in [-0.1, -0.05) is 92.7 Å². The average Bonchev–Trinajstić information content (AvgIpc) is 2.89. The highest BCUT2D eigenvalue weighted by Gasteiger charge is 2.33. The van der Waals surface area contributed by atoms with Crippen LogP contribution in [0.2, 0.25) is 0 Å². The zero-order valence-corrected chi connectivity index (χ0v) is 24.2. The molecule has 8 heteroatoms. The number of benzene rings is 3. The zero-order chi connectivity index (χ0) is 28.6. The minimum atomic E-state index is -3.81. The standard InChI is InChI=1S/C31H39N3O4S/c1-23(2)20-32-31(36)28(19-26-15-8-6-9-16-26)33(21-27-17-10-7-11-18-27)29(35)22-34(39(5,37)38)30-24(3)13-12-14-25(30)4/h6-18,23,28H,19-22H2,1-5H3,(H,32,36)/t28-/m1/s1. The Hall–Kier alpha value is -3.65. The maximum absolute atomic E-state index is 14.1. The molecule has 0 bridgehead atoms. The van der Waals surface area contributed by atoms with Crippen LogP contribution in [0.4, 0.5) is 5.69 Å². The van der Waals surface area contributed by atoms with Gasteiger partial charge in [-0.25, -0.2) is 8.42 Å². The van der Waals surface area contributed by atoms with Crippen LogP contribution in [0.15, 0.2) is 78.9 Å². The van der Waals surface area contributed by atoms with E-state index in [1.54, 1.807) is 0 Å². The van der Waals surface area contributed by atoms with Crippen molar-refractivity contribution in [3.05, 3.63) is 101 Å². The molecule has 39 heavy (non-hydrogen) atoms. The normalized spacial score (nSPS) is 12.2. The van der Waals surface area contributed by atoms with Crippen LogP contribution in [0, 0.1) is 19.8 Å². The number of carbonyl (C=O) groups excluding carboxylic acids is 2. The van der Waals surface area contributed by atoms with Gasteiger partial charge in [0.2, 0.25) is 21.8 Å². The fourth-order valence-corrected chi connectivity index (χ4v) is 5.50. The van der Waals surface area contributed by atoms with Crippen LogP contribution in [0.5, 0.6) is 0 Å². The average molecular weight is 550 g/mol. The van der Waals surface area contributed by atoms with Gasteiger partial charge in [-0.05, 0) is 42.0 Å². The number of sulfonamides is 1. The number of carbonyl (C=O) groups is 2. The molecule has 208 valence electrons. The molecule has 0 aliphatic heterocycles. The Bertz CT molecular complexity index is 1340. The lowest BCUT2D eigenvalue weighted by atomic mass is 10.0. The number of aryl methyl sites for hydroxylation is 2. The van der Waals surface area contributed by atoms with Crippen molar-refractivity contribution in [3.63, 3.8) is 0 Å². The van der Waals surface area contributed by atoms with E-state index < -0.39 is 28.5 Å². The fourth-order valence-electron chi connectivity index (χ4n) is 4.53. The van der Waals surface area contributed by atoms with Crippen molar-refractivity contribution < 1.29 is 18.0 Å². The van der Waals surface area contributed by atoms with E-state index in [-0.39, 0.29) is 18.4 Å². The van der Waals surface area contributed by atoms with Gasteiger partial charge in [0.05, 0.1) is 11.9 Å². The summed E-state index contributed by atoms with van der Waals surface area (Å²) in [4.78, 5) is 29.2. The van der Waals surface area contributed by atoms with Crippen LogP contribution in [-0.4, -0.2) is 50.5 Å². The van der Waals surface area contributed by atoms with Gasteiger partial charge < -0.3 is 10.2 Å². The number of hydrogen-bond donors (Lipinski definition) is 1. The molecule has 0 aliphatic carbocycles. The Morgan fingerprint density at radius 2 is 1.36 bits per heavy atom. The van der Waals surface area contributed by atoms with Gasteiger partial charge in [0.15, 0.2) is 0 Å². The molecule has 0 saturated heterocycles. The molecule has 1 atom stereocenters. The lowest BCUT2D eigenvalue weighted by Crippen LogP contribution is -2.53. The Morgan fingerprint density at radius 3 is 1.87 bits per heavy atom. The summed E-state index contributed by atoms with van der Waals surface area (Å²) < 4.78 is 27.2. The van der Waals surface area contributed by atoms with Gasteiger partial charge in [-0.2, -0.15) is 0 Å². The van der Waals surface area contributed by atoms with E-state index in [0.29, 0.717) is 18.7 Å². The molecule has 7 nitrogen and oxygen atoms in total. The van der Waals surface area contributed by atoms with Crippen LogP contribution in [0.25, 0.3) is 0 Å². The van der Waals surface area contributed by atoms with Crippen molar-refractivity contribution >= 4 is 27.5 Å². The van der Waals surface area contributed by atoms with E-state index in [1.165, 1.54) is 4.90 Å². The molecule has 3 aromatic carbocycles. The topological polar surface area (TPSA) is 86.8 Å². The number of para-hydroxylation sites is 1. The first-order valence-electron chi connectivity index (χ1n) is 13.2. The van der Waals surface area contributed by atoms with Crippen LogP contribution >= 0.6 is 0 Å². The second-order valence-corrected chi connectivity index (χ2v) is 12.3. The number of anilines is 1. The molecule has 1 N–H and O–H groups in total. The maximum atomic E-state index is 14.1. The van der Waals surface area contributed by atoms with Crippen molar-refractivity contribution in [2.75, 3.05) is 23.7 Å².